The third-order valence-electron chi connectivity index (χ3n) is 3.89. The zero-order valence-electron chi connectivity index (χ0n) is 16.3. The summed E-state index contributed by atoms with van der Waals surface area (Å²) in [5.41, 5.74) is 3.80. The third kappa shape index (κ3) is 5.80. The van der Waals surface area contributed by atoms with Crippen LogP contribution in [0.5, 0.6) is 11.5 Å². The van der Waals surface area contributed by atoms with Crippen molar-refractivity contribution < 1.29 is 19.2 Å². The quantitative estimate of drug-likeness (QED) is 0.447. The second-order valence-corrected chi connectivity index (χ2v) is 7.04. The Bertz CT molecular complexity index is 870. The van der Waals surface area contributed by atoms with E-state index in [1.807, 2.05) is 24.3 Å². The standard InChI is InChI=1S/C20H23N3O5/c1-20(2,3)15-6-8-16(9-7-15)28-13-19(24)22-21-12-14-5-10-18(27-4)17(11-14)23(25)26/h5-12H,13H2,1-4H3,(H,22,24). The highest BCUT2D eigenvalue weighted by atomic mass is 16.6. The lowest BCUT2D eigenvalue weighted by Gasteiger charge is -2.19. The van der Waals surface area contributed by atoms with Crippen LogP contribution in [0.4, 0.5) is 5.69 Å². The maximum absolute atomic E-state index is 11.8. The highest BCUT2D eigenvalue weighted by Crippen LogP contribution is 2.27. The minimum Gasteiger partial charge on any atom is -0.490 e. The molecule has 0 radical (unpaired) electrons. The number of nitro groups is 1. The molecule has 2 rings (SSSR count). The number of methoxy groups -OCH3 is 1. The Kier molecular flexibility index (Phi) is 6.70. The summed E-state index contributed by atoms with van der Waals surface area (Å²) in [6.45, 7) is 6.15. The Balaban J connectivity index is 1.88. The summed E-state index contributed by atoms with van der Waals surface area (Å²) in [6.07, 6.45) is 1.31. The van der Waals surface area contributed by atoms with Crippen molar-refractivity contribution in [3.63, 3.8) is 0 Å². The van der Waals surface area contributed by atoms with Crippen LogP contribution in [0.25, 0.3) is 0 Å². The summed E-state index contributed by atoms with van der Waals surface area (Å²) in [7, 11) is 1.35. The summed E-state index contributed by atoms with van der Waals surface area (Å²) in [4.78, 5) is 22.3. The van der Waals surface area contributed by atoms with Crippen molar-refractivity contribution in [2.75, 3.05) is 13.7 Å². The predicted molar refractivity (Wildman–Crippen MR) is 106 cm³/mol. The van der Waals surface area contributed by atoms with E-state index >= 15 is 0 Å². The van der Waals surface area contributed by atoms with Gasteiger partial charge in [-0.2, -0.15) is 5.10 Å². The number of carbonyl (C=O) groups excluding carboxylic acids is 1. The number of hydrogen-bond donors (Lipinski definition) is 1. The van der Waals surface area contributed by atoms with Crippen molar-refractivity contribution in [1.82, 2.24) is 5.43 Å². The fraction of sp³-hybridized carbons (Fsp3) is 0.300. The minimum absolute atomic E-state index is 0.0428. The molecule has 8 heteroatoms. The van der Waals surface area contributed by atoms with Crippen molar-refractivity contribution in [2.45, 2.75) is 26.2 Å². The summed E-state index contributed by atoms with van der Waals surface area (Å²) < 4.78 is 10.4. The van der Waals surface area contributed by atoms with Gasteiger partial charge < -0.3 is 9.47 Å². The molecule has 2 aromatic rings. The Morgan fingerprint density at radius 1 is 1.21 bits per heavy atom. The van der Waals surface area contributed by atoms with Crippen molar-refractivity contribution >= 4 is 17.8 Å². The van der Waals surface area contributed by atoms with E-state index in [2.05, 4.69) is 31.3 Å². The van der Waals surface area contributed by atoms with Gasteiger partial charge in [0.15, 0.2) is 12.4 Å². The van der Waals surface area contributed by atoms with Gasteiger partial charge in [0.2, 0.25) is 0 Å². The molecule has 2 aromatic carbocycles. The van der Waals surface area contributed by atoms with Gasteiger partial charge in [0.05, 0.1) is 18.2 Å². The normalized spacial score (nSPS) is 11.3. The Morgan fingerprint density at radius 3 is 2.46 bits per heavy atom. The van der Waals surface area contributed by atoms with Crippen LogP contribution in [0, 0.1) is 10.1 Å². The topological polar surface area (TPSA) is 103 Å². The van der Waals surface area contributed by atoms with Gasteiger partial charge in [-0.05, 0) is 35.2 Å². The number of benzene rings is 2. The largest absolute Gasteiger partial charge is 0.490 e. The molecule has 0 heterocycles. The molecule has 0 aliphatic carbocycles. The van der Waals surface area contributed by atoms with Gasteiger partial charge in [-0.25, -0.2) is 5.43 Å². The lowest BCUT2D eigenvalue weighted by atomic mass is 9.87. The molecule has 0 spiro atoms. The van der Waals surface area contributed by atoms with E-state index in [-0.39, 0.29) is 23.5 Å². The van der Waals surface area contributed by atoms with Crippen LogP contribution in [-0.4, -0.2) is 30.8 Å². The highest BCUT2D eigenvalue weighted by Gasteiger charge is 2.15. The molecule has 0 saturated carbocycles. The summed E-state index contributed by atoms with van der Waals surface area (Å²) in [5, 5.41) is 14.8. The van der Waals surface area contributed by atoms with Gasteiger partial charge in [0, 0.05) is 11.6 Å². The second-order valence-electron chi connectivity index (χ2n) is 7.04. The van der Waals surface area contributed by atoms with E-state index in [1.54, 1.807) is 6.07 Å². The van der Waals surface area contributed by atoms with Crippen LogP contribution >= 0.6 is 0 Å². The molecule has 1 amide bonds. The average molecular weight is 385 g/mol. The molecule has 0 saturated heterocycles. The molecule has 0 bridgehead atoms. The monoisotopic (exact) mass is 385 g/mol. The molecule has 0 aliphatic rings. The van der Waals surface area contributed by atoms with Crippen LogP contribution in [-0.2, 0) is 10.2 Å². The van der Waals surface area contributed by atoms with Gasteiger partial charge in [0.1, 0.15) is 5.75 Å². The zero-order valence-corrected chi connectivity index (χ0v) is 16.3. The molecule has 8 nitrogen and oxygen atoms in total. The van der Waals surface area contributed by atoms with Crippen LogP contribution in [0.3, 0.4) is 0 Å². The number of nitrogens with zero attached hydrogens (tertiary/aromatic N) is 2. The molecule has 0 fully saturated rings. The van der Waals surface area contributed by atoms with E-state index in [9.17, 15) is 14.9 Å². The maximum atomic E-state index is 11.8. The van der Waals surface area contributed by atoms with E-state index < -0.39 is 10.8 Å². The number of hydrogen-bond acceptors (Lipinski definition) is 6. The second kappa shape index (κ2) is 8.98. The first-order valence-corrected chi connectivity index (χ1v) is 8.58. The van der Waals surface area contributed by atoms with Crippen LogP contribution in [0.2, 0.25) is 0 Å². The average Bonchev–Trinajstić information content (AvgIpc) is 2.66. The van der Waals surface area contributed by atoms with E-state index in [4.69, 9.17) is 9.47 Å². The number of hydrazone groups is 1. The summed E-state index contributed by atoms with van der Waals surface area (Å²) in [6, 6.07) is 11.9. The SMILES string of the molecule is COc1ccc(C=NNC(=O)COc2ccc(C(C)(C)C)cc2)cc1[N+](=O)[O-]. The number of rotatable bonds is 7. The summed E-state index contributed by atoms with van der Waals surface area (Å²) >= 11 is 0. The van der Waals surface area contributed by atoms with E-state index in [1.165, 1.54) is 31.0 Å². The number of ether oxygens (including phenoxy) is 2. The molecule has 0 atom stereocenters. The molecule has 1 N–H and O–H groups in total. The van der Waals surface area contributed by atoms with E-state index in [0.29, 0.717) is 11.3 Å². The van der Waals surface area contributed by atoms with Gasteiger partial charge in [-0.1, -0.05) is 32.9 Å². The first kappa shape index (κ1) is 20.9. The molecule has 0 unspecified atom stereocenters. The van der Waals surface area contributed by atoms with E-state index in [0.717, 1.165) is 0 Å². The van der Waals surface area contributed by atoms with Crippen molar-refractivity contribution in [2.24, 2.45) is 5.10 Å². The van der Waals surface area contributed by atoms with Crippen molar-refractivity contribution in [3.8, 4) is 11.5 Å². The third-order valence-corrected chi connectivity index (χ3v) is 3.89. The Hall–Kier alpha value is -3.42. The fourth-order valence-corrected chi connectivity index (χ4v) is 2.34. The molecule has 28 heavy (non-hydrogen) atoms. The predicted octanol–water partition coefficient (Wildman–Crippen LogP) is 3.43. The lowest BCUT2D eigenvalue weighted by molar-refractivity contribution is -0.385. The Labute approximate surface area is 163 Å². The Morgan fingerprint density at radius 2 is 1.89 bits per heavy atom. The molecular weight excluding hydrogens is 362 g/mol. The fourth-order valence-electron chi connectivity index (χ4n) is 2.34. The molecule has 0 aromatic heterocycles. The first-order chi connectivity index (χ1) is 13.2. The van der Waals surface area contributed by atoms with Gasteiger partial charge >= 0.3 is 5.69 Å². The number of carbonyl (C=O) groups is 1. The van der Waals surface area contributed by atoms with Crippen molar-refractivity contribution in [1.29, 1.82) is 0 Å². The minimum atomic E-state index is -0.548. The molecule has 148 valence electrons. The van der Waals surface area contributed by atoms with Crippen molar-refractivity contribution in [3.05, 3.63) is 63.7 Å². The molecular formula is C20H23N3O5. The lowest BCUT2D eigenvalue weighted by Crippen LogP contribution is -2.24. The zero-order chi connectivity index (χ0) is 20.7. The number of nitrogens with one attached hydrogen (secondary N) is 1. The van der Waals surface area contributed by atoms with Crippen LogP contribution in [0.15, 0.2) is 47.6 Å². The van der Waals surface area contributed by atoms with Gasteiger partial charge in [0.25, 0.3) is 5.91 Å². The maximum Gasteiger partial charge on any atom is 0.311 e. The number of amides is 1. The van der Waals surface area contributed by atoms with Gasteiger partial charge in [-0.3, -0.25) is 14.9 Å². The highest BCUT2D eigenvalue weighted by molar-refractivity contribution is 5.84. The smallest absolute Gasteiger partial charge is 0.311 e. The molecule has 0 aliphatic heterocycles. The first-order valence-electron chi connectivity index (χ1n) is 8.58. The van der Waals surface area contributed by atoms with Gasteiger partial charge in [-0.15, -0.1) is 0 Å². The summed E-state index contributed by atoms with van der Waals surface area (Å²) in [5.74, 6) is 0.286. The van der Waals surface area contributed by atoms with Crippen LogP contribution < -0.4 is 14.9 Å². The number of nitro benzene ring substituents is 1. The van der Waals surface area contributed by atoms with Crippen LogP contribution in [0.1, 0.15) is 31.9 Å².